The third kappa shape index (κ3) is 3.12. The summed E-state index contributed by atoms with van der Waals surface area (Å²) in [6.07, 6.45) is 0. The molecule has 0 unspecified atom stereocenters. The molecule has 2 rings (SSSR count). The molecule has 0 fully saturated rings. The molecular weight excluding hydrogens is 266 g/mol. The van der Waals surface area contributed by atoms with Crippen molar-refractivity contribution in [3.05, 3.63) is 53.6 Å². The minimum Gasteiger partial charge on any atom is -0.454 e. The molecular formula is C16H15N3O2. The number of hydrogen-bond donors (Lipinski definition) is 1. The molecule has 2 aromatic rings. The maximum absolute atomic E-state index is 12.0. The summed E-state index contributed by atoms with van der Waals surface area (Å²) in [5.74, 6) is 0.611. The Hall–Kier alpha value is -3.00. The van der Waals surface area contributed by atoms with Crippen LogP contribution in [0.25, 0.3) is 0 Å². The molecule has 2 aromatic carbocycles. The van der Waals surface area contributed by atoms with E-state index in [4.69, 9.17) is 15.7 Å². The molecule has 2 N–H and O–H groups in total. The molecule has 0 aromatic heterocycles. The van der Waals surface area contributed by atoms with Gasteiger partial charge in [0.2, 0.25) is 0 Å². The van der Waals surface area contributed by atoms with Crippen LogP contribution in [0.2, 0.25) is 0 Å². The number of nitriles is 1. The fraction of sp³-hybridized carbons (Fsp3) is 0.125. The average Bonchev–Trinajstić information content (AvgIpc) is 2.49. The zero-order valence-corrected chi connectivity index (χ0v) is 11.8. The maximum Gasteiger partial charge on any atom is 0.253 e. The molecule has 106 valence electrons. The largest absolute Gasteiger partial charge is 0.454 e. The van der Waals surface area contributed by atoms with Crippen LogP contribution < -0.4 is 10.5 Å². The van der Waals surface area contributed by atoms with Crippen molar-refractivity contribution in [2.24, 2.45) is 0 Å². The van der Waals surface area contributed by atoms with Crippen LogP contribution in [-0.2, 0) is 0 Å². The highest BCUT2D eigenvalue weighted by molar-refractivity contribution is 5.94. The van der Waals surface area contributed by atoms with Crippen LogP contribution in [0.5, 0.6) is 11.5 Å². The van der Waals surface area contributed by atoms with E-state index in [0.717, 1.165) is 0 Å². The minimum absolute atomic E-state index is 0.145. The van der Waals surface area contributed by atoms with E-state index in [9.17, 15) is 4.79 Å². The number of ether oxygens (including phenoxy) is 1. The summed E-state index contributed by atoms with van der Waals surface area (Å²) in [5.41, 5.74) is 7.15. The monoisotopic (exact) mass is 281 g/mol. The van der Waals surface area contributed by atoms with Gasteiger partial charge in [-0.1, -0.05) is 12.1 Å². The van der Waals surface area contributed by atoms with E-state index in [-0.39, 0.29) is 5.91 Å². The lowest BCUT2D eigenvalue weighted by molar-refractivity contribution is 0.0827. The number of nitrogens with two attached hydrogens (primary N) is 1. The summed E-state index contributed by atoms with van der Waals surface area (Å²) in [6, 6.07) is 13.7. The van der Waals surface area contributed by atoms with Gasteiger partial charge in [0.05, 0.1) is 11.3 Å². The number of anilines is 1. The zero-order chi connectivity index (χ0) is 15.4. The summed E-state index contributed by atoms with van der Waals surface area (Å²) in [7, 11) is 3.34. The van der Waals surface area contributed by atoms with Gasteiger partial charge in [0.1, 0.15) is 11.8 Å². The third-order valence-corrected chi connectivity index (χ3v) is 2.89. The Morgan fingerprint density at radius 2 is 1.90 bits per heavy atom. The number of carbonyl (C=O) groups is 1. The molecule has 0 spiro atoms. The molecule has 0 heterocycles. The van der Waals surface area contributed by atoms with Crippen molar-refractivity contribution in [3.8, 4) is 17.6 Å². The van der Waals surface area contributed by atoms with Crippen LogP contribution in [0.1, 0.15) is 15.9 Å². The highest BCUT2D eigenvalue weighted by atomic mass is 16.5. The lowest BCUT2D eigenvalue weighted by atomic mass is 10.1. The van der Waals surface area contributed by atoms with E-state index in [0.29, 0.717) is 28.3 Å². The number of carbonyl (C=O) groups excluding carboxylic acids is 1. The summed E-state index contributed by atoms with van der Waals surface area (Å²) in [6.45, 7) is 0. The van der Waals surface area contributed by atoms with Crippen LogP contribution in [0.3, 0.4) is 0 Å². The van der Waals surface area contributed by atoms with Gasteiger partial charge in [0, 0.05) is 19.7 Å². The lowest BCUT2D eigenvalue weighted by Gasteiger charge is -2.13. The average molecular weight is 281 g/mol. The molecule has 0 radical (unpaired) electrons. The molecule has 0 atom stereocenters. The van der Waals surface area contributed by atoms with Gasteiger partial charge < -0.3 is 15.4 Å². The lowest BCUT2D eigenvalue weighted by Crippen LogP contribution is -2.21. The molecule has 0 saturated carbocycles. The van der Waals surface area contributed by atoms with Gasteiger partial charge in [0.15, 0.2) is 5.75 Å². The number of rotatable bonds is 3. The minimum atomic E-state index is -0.145. The van der Waals surface area contributed by atoms with Crippen LogP contribution in [0, 0.1) is 11.3 Å². The Bertz CT molecular complexity index is 718. The van der Waals surface area contributed by atoms with Crippen molar-refractivity contribution in [1.29, 1.82) is 5.26 Å². The van der Waals surface area contributed by atoms with Crippen LogP contribution in [0.4, 0.5) is 5.69 Å². The zero-order valence-electron chi connectivity index (χ0n) is 11.8. The van der Waals surface area contributed by atoms with Gasteiger partial charge in [-0.05, 0) is 30.3 Å². The molecule has 1 amide bonds. The molecule has 0 saturated heterocycles. The van der Waals surface area contributed by atoms with Gasteiger partial charge in [0.25, 0.3) is 5.91 Å². The number of nitrogens with zero attached hydrogens (tertiary/aromatic N) is 2. The number of benzene rings is 2. The second-order valence-electron chi connectivity index (χ2n) is 4.66. The number of nitrogen functional groups attached to an aromatic ring is 1. The van der Waals surface area contributed by atoms with Crippen molar-refractivity contribution in [1.82, 2.24) is 4.90 Å². The predicted octanol–water partition coefficient (Wildman–Crippen LogP) is 2.63. The van der Waals surface area contributed by atoms with E-state index in [1.807, 2.05) is 6.07 Å². The van der Waals surface area contributed by atoms with Gasteiger partial charge in [-0.15, -0.1) is 0 Å². The topological polar surface area (TPSA) is 79.3 Å². The standard InChI is InChI=1S/C16H15N3O2/c1-19(2)16(20)11-7-8-13(18)15(9-11)21-14-6-4-3-5-12(14)10-17/h3-9H,18H2,1-2H3. The molecule has 0 bridgehead atoms. The Morgan fingerprint density at radius 3 is 2.57 bits per heavy atom. The van der Waals surface area contributed by atoms with Crippen LogP contribution >= 0.6 is 0 Å². The van der Waals surface area contributed by atoms with Crippen molar-refractivity contribution >= 4 is 11.6 Å². The smallest absolute Gasteiger partial charge is 0.253 e. The molecule has 5 nitrogen and oxygen atoms in total. The van der Waals surface area contributed by atoms with Gasteiger partial charge in [-0.2, -0.15) is 5.26 Å². The highest BCUT2D eigenvalue weighted by Crippen LogP contribution is 2.30. The molecule has 21 heavy (non-hydrogen) atoms. The van der Waals surface area contributed by atoms with Crippen molar-refractivity contribution in [2.45, 2.75) is 0 Å². The molecule has 5 heteroatoms. The van der Waals surface area contributed by atoms with Gasteiger partial charge >= 0.3 is 0 Å². The first-order valence-corrected chi connectivity index (χ1v) is 6.31. The van der Waals surface area contributed by atoms with E-state index in [1.54, 1.807) is 56.6 Å². The second-order valence-corrected chi connectivity index (χ2v) is 4.66. The van der Waals surface area contributed by atoms with E-state index < -0.39 is 0 Å². The molecule has 0 aliphatic heterocycles. The molecule has 0 aliphatic rings. The number of hydrogen-bond acceptors (Lipinski definition) is 4. The van der Waals surface area contributed by atoms with E-state index >= 15 is 0 Å². The predicted molar refractivity (Wildman–Crippen MR) is 80.1 cm³/mol. The quantitative estimate of drug-likeness (QED) is 0.877. The first-order valence-electron chi connectivity index (χ1n) is 6.31. The van der Waals surface area contributed by atoms with Gasteiger partial charge in [-0.25, -0.2) is 0 Å². The first kappa shape index (κ1) is 14.4. The summed E-state index contributed by atoms with van der Waals surface area (Å²) in [4.78, 5) is 13.4. The Labute approximate surface area is 123 Å². The second kappa shape index (κ2) is 5.97. The van der Waals surface area contributed by atoms with Gasteiger partial charge in [-0.3, -0.25) is 4.79 Å². The fourth-order valence-corrected chi connectivity index (χ4v) is 1.78. The van der Waals surface area contributed by atoms with Crippen molar-refractivity contribution in [3.63, 3.8) is 0 Å². The number of amides is 1. The Kier molecular flexibility index (Phi) is 4.10. The van der Waals surface area contributed by atoms with Crippen molar-refractivity contribution < 1.29 is 9.53 Å². The van der Waals surface area contributed by atoms with Crippen LogP contribution in [-0.4, -0.2) is 24.9 Å². The van der Waals surface area contributed by atoms with E-state index in [2.05, 4.69) is 0 Å². The first-order chi connectivity index (χ1) is 10.0. The fourth-order valence-electron chi connectivity index (χ4n) is 1.78. The normalized spacial score (nSPS) is 9.76. The van der Waals surface area contributed by atoms with Crippen LogP contribution in [0.15, 0.2) is 42.5 Å². The van der Waals surface area contributed by atoms with E-state index in [1.165, 1.54) is 4.90 Å². The Balaban J connectivity index is 2.38. The molecule has 0 aliphatic carbocycles. The van der Waals surface area contributed by atoms with Crippen molar-refractivity contribution in [2.75, 3.05) is 19.8 Å². The highest BCUT2D eigenvalue weighted by Gasteiger charge is 2.12. The maximum atomic E-state index is 12.0. The SMILES string of the molecule is CN(C)C(=O)c1ccc(N)c(Oc2ccccc2C#N)c1. The Morgan fingerprint density at radius 1 is 1.19 bits per heavy atom. The third-order valence-electron chi connectivity index (χ3n) is 2.89. The summed E-state index contributed by atoms with van der Waals surface area (Å²) >= 11 is 0. The summed E-state index contributed by atoms with van der Waals surface area (Å²) in [5, 5.41) is 9.06. The summed E-state index contributed by atoms with van der Waals surface area (Å²) < 4.78 is 5.68. The number of para-hydroxylation sites is 1.